The van der Waals surface area contributed by atoms with Crippen molar-refractivity contribution in [3.05, 3.63) is 85.1 Å². The topological polar surface area (TPSA) is 78.9 Å². The average molecular weight is 990 g/mol. The molecule has 0 aromatic heterocycles. The third-order valence-corrected chi connectivity index (χ3v) is 12.8. The van der Waals surface area contributed by atoms with E-state index in [0.29, 0.717) is 19.3 Å². The molecule has 0 rings (SSSR count). The monoisotopic (exact) mass is 989 g/mol. The molecule has 0 aliphatic carbocycles. The van der Waals surface area contributed by atoms with E-state index in [1.54, 1.807) is 0 Å². The molecule has 0 N–H and O–H groups in total. The van der Waals surface area contributed by atoms with Crippen molar-refractivity contribution in [3.63, 3.8) is 0 Å². The lowest BCUT2D eigenvalue weighted by atomic mass is 10.1. The van der Waals surface area contributed by atoms with Crippen molar-refractivity contribution in [1.29, 1.82) is 0 Å². The van der Waals surface area contributed by atoms with Crippen molar-refractivity contribution in [2.24, 2.45) is 0 Å². The molecule has 0 aliphatic rings. The molecule has 6 nitrogen and oxygen atoms in total. The number of hydrogen-bond acceptors (Lipinski definition) is 6. The summed E-state index contributed by atoms with van der Waals surface area (Å²) in [5, 5.41) is 0. The Labute approximate surface area is 439 Å². The number of hydrogen-bond donors (Lipinski definition) is 0. The highest BCUT2D eigenvalue weighted by molar-refractivity contribution is 5.71. The van der Waals surface area contributed by atoms with E-state index in [1.807, 2.05) is 0 Å². The lowest BCUT2D eigenvalue weighted by molar-refractivity contribution is -0.167. The van der Waals surface area contributed by atoms with Gasteiger partial charge in [-0.2, -0.15) is 0 Å². The van der Waals surface area contributed by atoms with Gasteiger partial charge in [-0.3, -0.25) is 14.4 Å². The molecule has 0 heterocycles. The van der Waals surface area contributed by atoms with Crippen molar-refractivity contribution in [2.45, 2.75) is 297 Å². The average Bonchev–Trinajstić information content (AvgIpc) is 3.37. The molecule has 408 valence electrons. The van der Waals surface area contributed by atoms with E-state index >= 15 is 0 Å². The molecule has 0 aromatic rings. The van der Waals surface area contributed by atoms with Crippen molar-refractivity contribution in [2.75, 3.05) is 13.2 Å². The number of allylic oxidation sites excluding steroid dienone is 14. The first-order valence-electron chi connectivity index (χ1n) is 30.1. The van der Waals surface area contributed by atoms with Crippen LogP contribution in [0.2, 0.25) is 0 Å². The maximum absolute atomic E-state index is 12.9. The highest BCUT2D eigenvalue weighted by atomic mass is 16.6. The Balaban J connectivity index is 4.39. The molecule has 0 radical (unpaired) electrons. The Bertz CT molecular complexity index is 1370. The van der Waals surface area contributed by atoms with Crippen LogP contribution in [0, 0.1) is 0 Å². The van der Waals surface area contributed by atoms with Gasteiger partial charge in [0.1, 0.15) is 13.2 Å². The van der Waals surface area contributed by atoms with Gasteiger partial charge in [-0.05, 0) is 116 Å². The summed E-state index contributed by atoms with van der Waals surface area (Å²) in [4.78, 5) is 38.2. The molecule has 6 heteroatoms. The SMILES string of the molecule is CCCC/C=C\C/C=C\CCCCCCCC(=O)OCC(COC(=O)CCCCCCCCCC/C=C\C/C=C\C/C=C\CCCCCCC)OC(=O)CCCCCCC/C=C\C/C=C\CCCCCC. The molecule has 0 aliphatic heterocycles. The number of esters is 3. The zero-order valence-corrected chi connectivity index (χ0v) is 46.7. The van der Waals surface area contributed by atoms with Gasteiger partial charge in [0.2, 0.25) is 0 Å². The summed E-state index contributed by atoms with van der Waals surface area (Å²) >= 11 is 0. The van der Waals surface area contributed by atoms with E-state index < -0.39 is 6.10 Å². The fourth-order valence-corrected chi connectivity index (χ4v) is 8.26. The minimum Gasteiger partial charge on any atom is -0.462 e. The lowest BCUT2D eigenvalue weighted by Gasteiger charge is -2.18. The summed E-state index contributed by atoms with van der Waals surface area (Å²) in [5.74, 6) is -0.919. The maximum Gasteiger partial charge on any atom is 0.306 e. The van der Waals surface area contributed by atoms with Gasteiger partial charge < -0.3 is 14.2 Å². The second kappa shape index (κ2) is 59.2. The van der Waals surface area contributed by atoms with Crippen molar-refractivity contribution >= 4 is 17.9 Å². The molecule has 0 saturated heterocycles. The Kier molecular flexibility index (Phi) is 56.3. The van der Waals surface area contributed by atoms with Gasteiger partial charge in [0.05, 0.1) is 0 Å². The van der Waals surface area contributed by atoms with Crippen molar-refractivity contribution in [1.82, 2.24) is 0 Å². The molecule has 0 fully saturated rings. The second-order valence-electron chi connectivity index (χ2n) is 19.9. The minimum atomic E-state index is -0.794. The first-order valence-corrected chi connectivity index (χ1v) is 30.1. The van der Waals surface area contributed by atoms with E-state index in [0.717, 1.165) is 128 Å². The van der Waals surface area contributed by atoms with Crippen LogP contribution in [0.25, 0.3) is 0 Å². The number of carbonyl (C=O) groups excluding carboxylic acids is 3. The van der Waals surface area contributed by atoms with E-state index in [9.17, 15) is 14.4 Å². The fraction of sp³-hybridized carbons (Fsp3) is 0.738. The van der Waals surface area contributed by atoms with Gasteiger partial charge in [0.25, 0.3) is 0 Å². The molecular formula is C65H112O6. The van der Waals surface area contributed by atoms with Crippen LogP contribution in [0.4, 0.5) is 0 Å². The van der Waals surface area contributed by atoms with Gasteiger partial charge in [0.15, 0.2) is 6.10 Å². The number of unbranched alkanes of at least 4 members (excludes halogenated alkanes) is 29. The minimum absolute atomic E-state index is 0.0907. The number of rotatable bonds is 54. The summed E-state index contributed by atoms with van der Waals surface area (Å²) in [6.07, 6.45) is 77.1. The maximum atomic E-state index is 12.9. The van der Waals surface area contributed by atoms with Gasteiger partial charge in [-0.25, -0.2) is 0 Å². The second-order valence-corrected chi connectivity index (χ2v) is 19.9. The quantitative estimate of drug-likeness (QED) is 0.0261. The van der Waals surface area contributed by atoms with Gasteiger partial charge in [0, 0.05) is 19.3 Å². The molecule has 1 unspecified atom stereocenters. The summed E-state index contributed by atoms with van der Waals surface area (Å²) in [6.45, 7) is 6.56. The first-order chi connectivity index (χ1) is 35.0. The molecule has 0 spiro atoms. The Hall–Kier alpha value is -3.41. The zero-order chi connectivity index (χ0) is 51.4. The number of carbonyl (C=O) groups is 3. The smallest absolute Gasteiger partial charge is 0.306 e. The summed E-state index contributed by atoms with van der Waals surface area (Å²) in [7, 11) is 0. The predicted octanol–water partition coefficient (Wildman–Crippen LogP) is 20.3. The van der Waals surface area contributed by atoms with Gasteiger partial charge >= 0.3 is 17.9 Å². The molecule has 0 aromatic carbocycles. The van der Waals surface area contributed by atoms with E-state index in [2.05, 4.69) is 106 Å². The summed E-state index contributed by atoms with van der Waals surface area (Å²) in [5.41, 5.74) is 0. The fourth-order valence-electron chi connectivity index (χ4n) is 8.26. The standard InChI is InChI=1S/C65H112O6/c1-4-7-10-13-16-19-22-25-28-30-31-32-33-34-35-36-38-40-43-46-49-52-55-58-64(67)70-61-62(60-69-63(66)57-54-51-48-45-42-39-27-24-21-18-15-12-9-6-3)71-65(68)59-56-53-50-47-44-41-37-29-26-23-20-17-14-11-8-5-2/h15,18,20,22-25,27,29-31,33-34,37,62H,4-14,16-17,19,21,26,28,32,35-36,38-61H2,1-3H3/b18-15-,23-20-,25-22-,27-24-,31-30-,34-33-,37-29-. The van der Waals surface area contributed by atoms with Gasteiger partial charge in [-0.1, -0.05) is 241 Å². The Morgan fingerprint density at radius 3 is 0.845 bits per heavy atom. The predicted molar refractivity (Wildman–Crippen MR) is 307 cm³/mol. The molecular weight excluding hydrogens is 877 g/mol. The van der Waals surface area contributed by atoms with Crippen LogP contribution in [-0.2, 0) is 28.6 Å². The highest BCUT2D eigenvalue weighted by Crippen LogP contribution is 2.15. The van der Waals surface area contributed by atoms with E-state index in [4.69, 9.17) is 14.2 Å². The third kappa shape index (κ3) is 57.4. The highest BCUT2D eigenvalue weighted by Gasteiger charge is 2.19. The van der Waals surface area contributed by atoms with Crippen molar-refractivity contribution in [3.8, 4) is 0 Å². The van der Waals surface area contributed by atoms with Gasteiger partial charge in [-0.15, -0.1) is 0 Å². The molecule has 0 bridgehead atoms. The van der Waals surface area contributed by atoms with Crippen LogP contribution < -0.4 is 0 Å². The molecule has 0 amide bonds. The van der Waals surface area contributed by atoms with Crippen LogP contribution >= 0.6 is 0 Å². The molecule has 0 saturated carbocycles. The van der Waals surface area contributed by atoms with Crippen LogP contribution in [0.15, 0.2) is 85.1 Å². The van der Waals surface area contributed by atoms with Crippen LogP contribution in [0.5, 0.6) is 0 Å². The van der Waals surface area contributed by atoms with E-state index in [1.165, 1.54) is 122 Å². The first kappa shape index (κ1) is 67.6. The third-order valence-electron chi connectivity index (χ3n) is 12.8. The molecule has 1 atom stereocenters. The van der Waals surface area contributed by atoms with Crippen LogP contribution in [-0.4, -0.2) is 37.2 Å². The Morgan fingerprint density at radius 1 is 0.282 bits per heavy atom. The van der Waals surface area contributed by atoms with Crippen molar-refractivity contribution < 1.29 is 28.6 Å². The number of ether oxygens (including phenoxy) is 3. The van der Waals surface area contributed by atoms with E-state index in [-0.39, 0.29) is 31.1 Å². The zero-order valence-electron chi connectivity index (χ0n) is 46.7. The molecule has 71 heavy (non-hydrogen) atoms. The summed E-state index contributed by atoms with van der Waals surface area (Å²) < 4.78 is 16.9. The Morgan fingerprint density at radius 2 is 0.521 bits per heavy atom. The normalized spacial score (nSPS) is 12.7. The largest absolute Gasteiger partial charge is 0.462 e. The van der Waals surface area contributed by atoms with Crippen LogP contribution in [0.1, 0.15) is 290 Å². The summed E-state index contributed by atoms with van der Waals surface area (Å²) in [6, 6.07) is 0. The lowest BCUT2D eigenvalue weighted by Crippen LogP contribution is -2.30. The van der Waals surface area contributed by atoms with Crippen LogP contribution in [0.3, 0.4) is 0 Å².